The van der Waals surface area contributed by atoms with E-state index in [0.717, 1.165) is 12.8 Å². The normalized spacial score (nSPS) is 14.0. The van der Waals surface area contributed by atoms with E-state index in [0.29, 0.717) is 23.8 Å². The predicted molar refractivity (Wildman–Crippen MR) is 97.4 cm³/mol. The summed E-state index contributed by atoms with van der Waals surface area (Å²) in [5.74, 6) is -0.606. The average molecular weight is 420 g/mol. The topological polar surface area (TPSA) is 84.6 Å². The first-order valence-corrected chi connectivity index (χ1v) is 9.19. The number of aryl methyl sites for hydroxylation is 1. The van der Waals surface area contributed by atoms with Gasteiger partial charge in [-0.15, -0.1) is 0 Å². The van der Waals surface area contributed by atoms with Gasteiger partial charge in [-0.1, -0.05) is 24.4 Å². The van der Waals surface area contributed by atoms with E-state index in [9.17, 15) is 18.4 Å². The molecule has 6 nitrogen and oxygen atoms in total. The van der Waals surface area contributed by atoms with Crippen LogP contribution in [0, 0.1) is 17.2 Å². The van der Waals surface area contributed by atoms with Gasteiger partial charge in [0.2, 0.25) is 5.82 Å². The van der Waals surface area contributed by atoms with Crippen molar-refractivity contribution in [2.24, 2.45) is 5.92 Å². The van der Waals surface area contributed by atoms with E-state index in [1.807, 2.05) is 6.07 Å². The molecule has 0 unspecified atom stereocenters. The molecule has 0 spiro atoms. The lowest BCUT2D eigenvalue weighted by molar-refractivity contribution is -0.144. The van der Waals surface area contributed by atoms with Crippen molar-refractivity contribution in [3.63, 3.8) is 0 Å². The minimum Gasteiger partial charge on any atom is -0.424 e. The van der Waals surface area contributed by atoms with Gasteiger partial charge in [0, 0.05) is 0 Å². The third-order valence-electron chi connectivity index (χ3n) is 4.55. The fraction of sp³-hybridized carbons (Fsp3) is 0.316. The van der Waals surface area contributed by atoms with E-state index < -0.39 is 12.0 Å². The summed E-state index contributed by atoms with van der Waals surface area (Å²) in [4.78, 5) is 15.3. The van der Waals surface area contributed by atoms with Gasteiger partial charge in [0.1, 0.15) is 11.8 Å². The van der Waals surface area contributed by atoms with Crippen LogP contribution < -0.4 is 4.74 Å². The molecule has 1 aliphatic carbocycles. The molecule has 4 rings (SSSR count). The van der Waals surface area contributed by atoms with Crippen LogP contribution in [0.4, 0.5) is 13.2 Å². The summed E-state index contributed by atoms with van der Waals surface area (Å²) >= 11 is 5.77. The molecule has 29 heavy (non-hydrogen) atoms. The molecule has 0 atom stereocenters. The highest BCUT2D eigenvalue weighted by molar-refractivity contribution is 6.30. The maximum absolute atomic E-state index is 13.4. The van der Waals surface area contributed by atoms with Crippen LogP contribution >= 0.6 is 11.6 Å². The van der Waals surface area contributed by atoms with Gasteiger partial charge in [-0.05, 0) is 30.9 Å². The molecule has 148 valence electrons. The number of benzene rings is 1. The number of rotatable bonds is 5. The Morgan fingerprint density at radius 1 is 1.17 bits per heavy atom. The van der Waals surface area contributed by atoms with Crippen LogP contribution in [0.3, 0.4) is 0 Å². The van der Waals surface area contributed by atoms with Gasteiger partial charge in [-0.3, -0.25) is 0 Å². The SMILES string of the molecule is N#Cc1ccc(Oc2ncc(Cl)cn2)c2c(CCC3CC3)nc(C(F)(F)F)nc12. The smallest absolute Gasteiger partial charge is 0.424 e. The second-order valence-corrected chi connectivity index (χ2v) is 7.14. The molecule has 10 heteroatoms. The van der Waals surface area contributed by atoms with Gasteiger partial charge in [0.05, 0.1) is 39.6 Å². The molecular weight excluding hydrogens is 407 g/mol. The Balaban J connectivity index is 1.88. The van der Waals surface area contributed by atoms with E-state index in [1.165, 1.54) is 24.5 Å². The van der Waals surface area contributed by atoms with Gasteiger partial charge < -0.3 is 4.74 Å². The molecule has 1 fully saturated rings. The van der Waals surface area contributed by atoms with Crippen molar-refractivity contribution < 1.29 is 17.9 Å². The Bertz CT molecular complexity index is 1110. The average Bonchev–Trinajstić information content (AvgIpc) is 3.51. The zero-order valence-corrected chi connectivity index (χ0v) is 15.6. The quantitative estimate of drug-likeness (QED) is 0.572. The number of hydrogen-bond acceptors (Lipinski definition) is 6. The highest BCUT2D eigenvalue weighted by atomic mass is 35.5. The van der Waals surface area contributed by atoms with Gasteiger partial charge in [0.15, 0.2) is 0 Å². The standard InChI is InChI=1S/C19H13ClF3N5O/c20-12-8-25-18(26-9-12)29-14-6-4-11(7-24)16-15(14)13(5-3-10-1-2-10)27-17(28-16)19(21,22)23/h4,6,8-10H,1-3,5H2. The maximum Gasteiger partial charge on any atom is 0.451 e. The Morgan fingerprint density at radius 2 is 1.90 bits per heavy atom. The summed E-state index contributed by atoms with van der Waals surface area (Å²) in [5.41, 5.74) is 0.0901. The van der Waals surface area contributed by atoms with Crippen molar-refractivity contribution in [3.05, 3.63) is 46.6 Å². The Labute approximate surface area is 168 Å². The molecule has 0 N–H and O–H groups in total. The lowest BCUT2D eigenvalue weighted by atomic mass is 10.0. The molecule has 0 bridgehead atoms. The minimum atomic E-state index is -4.73. The summed E-state index contributed by atoms with van der Waals surface area (Å²) < 4.78 is 45.8. The van der Waals surface area contributed by atoms with Crippen LogP contribution in [0.1, 0.15) is 36.3 Å². The summed E-state index contributed by atoms with van der Waals surface area (Å²) in [5, 5.41) is 9.96. The fourth-order valence-electron chi connectivity index (χ4n) is 2.96. The summed E-state index contributed by atoms with van der Waals surface area (Å²) in [6, 6.07) is 4.69. The third kappa shape index (κ3) is 4.22. The zero-order valence-electron chi connectivity index (χ0n) is 14.9. The molecule has 1 aliphatic rings. The van der Waals surface area contributed by atoms with Crippen molar-refractivity contribution in [2.75, 3.05) is 0 Å². The molecule has 1 aromatic carbocycles. The number of halogens is 4. The second-order valence-electron chi connectivity index (χ2n) is 6.71. The molecule has 0 aliphatic heterocycles. The Morgan fingerprint density at radius 3 is 2.52 bits per heavy atom. The Kier molecular flexibility index (Phi) is 4.96. The largest absolute Gasteiger partial charge is 0.451 e. The number of nitriles is 1. The molecular formula is C19H13ClF3N5O. The van der Waals surface area contributed by atoms with Crippen molar-refractivity contribution in [1.82, 2.24) is 19.9 Å². The minimum absolute atomic E-state index is 0.00458. The summed E-state index contributed by atoms with van der Waals surface area (Å²) in [6.07, 6.45) is 1.08. The lowest BCUT2D eigenvalue weighted by Gasteiger charge is -2.14. The predicted octanol–water partition coefficient (Wildman–Crippen LogP) is 5.10. The Hall–Kier alpha value is -2.99. The van der Waals surface area contributed by atoms with Crippen molar-refractivity contribution >= 4 is 22.5 Å². The number of hydrogen-bond donors (Lipinski definition) is 0. The monoisotopic (exact) mass is 419 g/mol. The number of nitrogens with zero attached hydrogens (tertiary/aromatic N) is 5. The summed E-state index contributed by atoms with van der Waals surface area (Å²) in [7, 11) is 0. The number of fused-ring (bicyclic) bond motifs is 1. The van der Waals surface area contributed by atoms with Crippen molar-refractivity contribution in [3.8, 4) is 17.8 Å². The van der Waals surface area contributed by atoms with Crippen LogP contribution in [0.5, 0.6) is 11.8 Å². The van der Waals surface area contributed by atoms with Crippen LogP contribution in [0.2, 0.25) is 5.02 Å². The number of ether oxygens (including phenoxy) is 1. The number of alkyl halides is 3. The maximum atomic E-state index is 13.4. The third-order valence-corrected chi connectivity index (χ3v) is 4.74. The van der Waals surface area contributed by atoms with Gasteiger partial charge >= 0.3 is 12.2 Å². The first kappa shape index (κ1) is 19.3. The first-order chi connectivity index (χ1) is 13.8. The highest BCUT2D eigenvalue weighted by Gasteiger charge is 2.36. The molecule has 1 saturated carbocycles. The van der Waals surface area contributed by atoms with Crippen LogP contribution in [0.25, 0.3) is 10.9 Å². The van der Waals surface area contributed by atoms with Crippen LogP contribution in [-0.2, 0) is 12.6 Å². The molecule has 3 aromatic rings. The van der Waals surface area contributed by atoms with Crippen LogP contribution in [-0.4, -0.2) is 19.9 Å². The fourth-order valence-corrected chi connectivity index (χ4v) is 3.06. The summed E-state index contributed by atoms with van der Waals surface area (Å²) in [6.45, 7) is 0. The molecule has 0 amide bonds. The van der Waals surface area contributed by atoms with E-state index in [-0.39, 0.29) is 33.9 Å². The van der Waals surface area contributed by atoms with Crippen molar-refractivity contribution in [1.29, 1.82) is 5.26 Å². The molecule has 0 radical (unpaired) electrons. The van der Waals surface area contributed by atoms with Gasteiger partial charge in [-0.25, -0.2) is 19.9 Å². The van der Waals surface area contributed by atoms with Gasteiger partial charge in [0.25, 0.3) is 0 Å². The van der Waals surface area contributed by atoms with Gasteiger partial charge in [-0.2, -0.15) is 18.4 Å². The zero-order chi connectivity index (χ0) is 20.6. The second kappa shape index (κ2) is 7.44. The molecule has 2 aromatic heterocycles. The van der Waals surface area contributed by atoms with E-state index in [4.69, 9.17) is 16.3 Å². The van der Waals surface area contributed by atoms with E-state index in [2.05, 4.69) is 19.9 Å². The van der Waals surface area contributed by atoms with E-state index >= 15 is 0 Å². The van der Waals surface area contributed by atoms with E-state index in [1.54, 1.807) is 0 Å². The molecule has 2 heterocycles. The number of aromatic nitrogens is 4. The lowest BCUT2D eigenvalue weighted by Crippen LogP contribution is -2.14. The first-order valence-electron chi connectivity index (χ1n) is 8.81. The van der Waals surface area contributed by atoms with Crippen molar-refractivity contribution in [2.45, 2.75) is 31.9 Å². The highest BCUT2D eigenvalue weighted by Crippen LogP contribution is 2.38. The van der Waals surface area contributed by atoms with Crippen LogP contribution in [0.15, 0.2) is 24.5 Å². The molecule has 0 saturated heterocycles.